The van der Waals surface area contributed by atoms with E-state index in [0.717, 1.165) is 38.1 Å². The zero-order chi connectivity index (χ0) is 28.1. The number of benzene rings is 3. The fraction of sp³-hybridized carbons (Fsp3) is 0.167. The van der Waals surface area contributed by atoms with E-state index in [-0.39, 0.29) is 18.3 Å². The number of fused-ring (bicyclic) bond motifs is 3. The Morgan fingerprint density at radius 1 is 1.12 bits per heavy atom. The Morgan fingerprint density at radius 2 is 2.00 bits per heavy atom. The van der Waals surface area contributed by atoms with Gasteiger partial charge in [-0.3, -0.25) is 4.79 Å². The Hall–Kier alpha value is -4.05. The van der Waals surface area contributed by atoms with Crippen molar-refractivity contribution in [1.82, 2.24) is 20.2 Å². The number of halogens is 2. The van der Waals surface area contributed by atoms with E-state index in [0.29, 0.717) is 28.7 Å². The summed E-state index contributed by atoms with van der Waals surface area (Å²) in [5, 5.41) is 8.56. The number of aromatic nitrogens is 2. The zero-order valence-corrected chi connectivity index (χ0v) is 23.5. The van der Waals surface area contributed by atoms with Crippen molar-refractivity contribution in [2.75, 3.05) is 32.5 Å². The van der Waals surface area contributed by atoms with Gasteiger partial charge in [-0.15, -0.1) is 11.3 Å². The number of anilines is 2. The first-order chi connectivity index (χ1) is 19.4. The molecule has 204 valence electrons. The number of carbonyl (C=O) groups excluding carboxylic acids is 1. The van der Waals surface area contributed by atoms with Gasteiger partial charge < -0.3 is 20.3 Å². The number of ether oxygens (including phenoxy) is 1. The van der Waals surface area contributed by atoms with Gasteiger partial charge in [-0.25, -0.2) is 14.4 Å². The van der Waals surface area contributed by atoms with Crippen molar-refractivity contribution in [2.24, 2.45) is 0 Å². The monoisotopic (exact) mass is 575 g/mol. The zero-order valence-electron chi connectivity index (χ0n) is 21.9. The van der Waals surface area contributed by atoms with Crippen molar-refractivity contribution < 1.29 is 13.9 Å². The number of hydrogen-bond acceptors (Lipinski definition) is 7. The van der Waals surface area contributed by atoms with Gasteiger partial charge in [-0.1, -0.05) is 35.9 Å². The minimum Gasteiger partial charge on any atom is -0.487 e. The number of nitrogens with one attached hydrogen (secondary N) is 2. The van der Waals surface area contributed by atoms with E-state index >= 15 is 0 Å². The number of carbonyl (C=O) groups is 1. The standard InChI is InChI=1S/C30H27ClFN5O2S/c1-37(2)13-12-33-27(38)11-7-19-6-9-23-26(15-19)40-30-28(23)29(34-18-35-30)36-22-8-10-25(24(31)16-22)39-17-20-4-3-5-21(32)14-20/h3-11,14-16,18H,12-13,17H2,1-2H3,(H,33,38)(H,34,35,36). The normalized spacial score (nSPS) is 11.5. The second-order valence-corrected chi connectivity index (χ2v) is 10.8. The molecule has 5 aromatic rings. The first kappa shape index (κ1) is 27.5. The van der Waals surface area contributed by atoms with Crippen molar-refractivity contribution in [3.8, 4) is 5.75 Å². The quantitative estimate of drug-likeness (QED) is 0.182. The Balaban J connectivity index is 1.32. The molecule has 1 amide bonds. The molecule has 2 N–H and O–H groups in total. The van der Waals surface area contributed by atoms with Crippen LogP contribution in [-0.4, -0.2) is 48.0 Å². The molecule has 2 heterocycles. The van der Waals surface area contributed by atoms with Gasteiger partial charge >= 0.3 is 0 Å². The van der Waals surface area contributed by atoms with E-state index < -0.39 is 0 Å². The maximum Gasteiger partial charge on any atom is 0.244 e. The molecule has 40 heavy (non-hydrogen) atoms. The molecule has 7 nitrogen and oxygen atoms in total. The van der Waals surface area contributed by atoms with Gasteiger partial charge in [0.15, 0.2) is 0 Å². The molecule has 0 saturated heterocycles. The van der Waals surface area contributed by atoms with Crippen LogP contribution in [0.1, 0.15) is 11.1 Å². The molecule has 0 fully saturated rings. The summed E-state index contributed by atoms with van der Waals surface area (Å²) < 4.78 is 20.3. The van der Waals surface area contributed by atoms with Crippen LogP contribution in [0.25, 0.3) is 26.4 Å². The molecule has 0 saturated carbocycles. The summed E-state index contributed by atoms with van der Waals surface area (Å²) in [7, 11) is 3.93. The lowest BCUT2D eigenvalue weighted by Crippen LogP contribution is -2.30. The van der Waals surface area contributed by atoms with Gasteiger partial charge in [0.2, 0.25) is 5.91 Å². The molecule has 0 unspecified atom stereocenters. The predicted octanol–water partition coefficient (Wildman–Crippen LogP) is 6.65. The van der Waals surface area contributed by atoms with E-state index in [4.69, 9.17) is 16.3 Å². The maximum absolute atomic E-state index is 13.4. The van der Waals surface area contributed by atoms with Crippen LogP contribution in [-0.2, 0) is 11.4 Å². The second kappa shape index (κ2) is 12.4. The van der Waals surface area contributed by atoms with Crippen molar-refractivity contribution in [2.45, 2.75) is 6.61 Å². The van der Waals surface area contributed by atoms with Gasteiger partial charge in [-0.05, 0) is 67.7 Å². The molecule has 0 aliphatic rings. The van der Waals surface area contributed by atoms with E-state index in [1.807, 2.05) is 43.3 Å². The predicted molar refractivity (Wildman–Crippen MR) is 161 cm³/mol. The van der Waals surface area contributed by atoms with Gasteiger partial charge in [0.1, 0.15) is 35.1 Å². The van der Waals surface area contributed by atoms with Crippen LogP contribution < -0.4 is 15.4 Å². The minimum atomic E-state index is -0.310. The third-order valence-corrected chi connectivity index (χ3v) is 7.41. The smallest absolute Gasteiger partial charge is 0.244 e. The summed E-state index contributed by atoms with van der Waals surface area (Å²) in [4.78, 5) is 23.9. The number of rotatable bonds is 10. The first-order valence-corrected chi connectivity index (χ1v) is 13.8. The summed E-state index contributed by atoms with van der Waals surface area (Å²) in [6.45, 7) is 1.58. The van der Waals surface area contributed by atoms with Crippen molar-refractivity contribution in [3.63, 3.8) is 0 Å². The Bertz CT molecular complexity index is 1700. The van der Waals surface area contributed by atoms with E-state index in [2.05, 4.69) is 20.6 Å². The van der Waals surface area contributed by atoms with Gasteiger partial charge in [0.05, 0.1) is 10.4 Å². The molecule has 5 rings (SSSR count). The summed E-state index contributed by atoms with van der Waals surface area (Å²) >= 11 is 8.05. The number of amides is 1. The molecule has 0 aliphatic carbocycles. The maximum atomic E-state index is 13.4. The summed E-state index contributed by atoms with van der Waals surface area (Å²) in [6.07, 6.45) is 4.88. The average molecular weight is 576 g/mol. The van der Waals surface area contributed by atoms with Crippen LogP contribution in [0.15, 0.2) is 73.1 Å². The third-order valence-electron chi connectivity index (χ3n) is 6.06. The molecule has 3 aromatic carbocycles. The second-order valence-electron chi connectivity index (χ2n) is 9.38. The van der Waals surface area contributed by atoms with Crippen LogP contribution in [0.5, 0.6) is 5.75 Å². The van der Waals surface area contributed by atoms with Crippen LogP contribution >= 0.6 is 22.9 Å². The molecule has 0 radical (unpaired) electrons. The molecular formula is C30H27ClFN5O2S. The van der Waals surface area contributed by atoms with Crippen LogP contribution in [0, 0.1) is 5.82 Å². The van der Waals surface area contributed by atoms with Crippen molar-refractivity contribution in [1.29, 1.82) is 0 Å². The van der Waals surface area contributed by atoms with Gasteiger partial charge in [0.25, 0.3) is 0 Å². The van der Waals surface area contributed by atoms with Crippen molar-refractivity contribution >= 4 is 66.7 Å². The van der Waals surface area contributed by atoms with Crippen LogP contribution in [0.2, 0.25) is 5.02 Å². The fourth-order valence-corrected chi connectivity index (χ4v) is 5.40. The Kier molecular flexibility index (Phi) is 8.54. The molecule has 2 aromatic heterocycles. The molecule has 0 spiro atoms. The highest BCUT2D eigenvalue weighted by Gasteiger charge is 2.13. The lowest BCUT2D eigenvalue weighted by atomic mass is 10.1. The van der Waals surface area contributed by atoms with Gasteiger partial charge in [0, 0.05) is 34.9 Å². The number of nitrogens with zero attached hydrogens (tertiary/aromatic N) is 3. The highest BCUT2D eigenvalue weighted by molar-refractivity contribution is 7.25. The number of hydrogen-bond donors (Lipinski definition) is 2. The highest BCUT2D eigenvalue weighted by atomic mass is 35.5. The van der Waals surface area contributed by atoms with Gasteiger partial charge in [-0.2, -0.15) is 0 Å². The number of thiophene rings is 1. The first-order valence-electron chi connectivity index (χ1n) is 12.6. The highest BCUT2D eigenvalue weighted by Crippen LogP contribution is 2.38. The summed E-state index contributed by atoms with van der Waals surface area (Å²) in [5.74, 6) is 0.719. The van der Waals surface area contributed by atoms with Crippen LogP contribution in [0.3, 0.4) is 0 Å². The molecule has 10 heteroatoms. The largest absolute Gasteiger partial charge is 0.487 e. The lowest BCUT2D eigenvalue weighted by Gasteiger charge is -2.11. The van der Waals surface area contributed by atoms with E-state index in [1.54, 1.807) is 47.8 Å². The molecule has 0 aliphatic heterocycles. The topological polar surface area (TPSA) is 79.4 Å². The molecular weight excluding hydrogens is 549 g/mol. The summed E-state index contributed by atoms with van der Waals surface area (Å²) in [6, 6.07) is 17.7. The lowest BCUT2D eigenvalue weighted by molar-refractivity contribution is -0.116. The van der Waals surface area contributed by atoms with E-state index in [1.165, 1.54) is 18.5 Å². The summed E-state index contributed by atoms with van der Waals surface area (Å²) in [5.41, 5.74) is 2.38. The SMILES string of the molecule is CN(C)CCNC(=O)C=Cc1ccc2c(c1)sc1ncnc(Nc3ccc(OCc4cccc(F)c4)c(Cl)c3)c12. The minimum absolute atomic E-state index is 0.125. The van der Waals surface area contributed by atoms with Crippen molar-refractivity contribution in [3.05, 3.63) is 95.0 Å². The Morgan fingerprint density at radius 3 is 2.80 bits per heavy atom. The molecule has 0 bridgehead atoms. The van der Waals surface area contributed by atoms with E-state index in [9.17, 15) is 9.18 Å². The average Bonchev–Trinajstić information content (AvgIpc) is 3.30. The third kappa shape index (κ3) is 6.74. The Labute approximate surface area is 240 Å². The molecule has 0 atom stereocenters. The fourth-order valence-electron chi connectivity index (χ4n) is 4.08. The van der Waals surface area contributed by atoms with Crippen LogP contribution in [0.4, 0.5) is 15.9 Å². The number of likely N-dealkylation sites (N-methyl/N-ethyl adjacent to an activating group) is 1.